The molecule has 1 aromatic rings. The molecule has 1 rings (SSSR count). The zero-order valence-electron chi connectivity index (χ0n) is 11.3. The van der Waals surface area contributed by atoms with Crippen molar-refractivity contribution in [1.29, 1.82) is 0 Å². The lowest BCUT2D eigenvalue weighted by Gasteiger charge is -2.16. The Morgan fingerprint density at radius 1 is 1.28 bits per heavy atom. The maximum Gasteiger partial charge on any atom is 0.226 e. The molecule has 18 heavy (non-hydrogen) atoms. The van der Waals surface area contributed by atoms with Gasteiger partial charge in [0, 0.05) is 12.6 Å². The first-order valence-corrected chi connectivity index (χ1v) is 6.26. The van der Waals surface area contributed by atoms with Crippen LogP contribution in [0, 0.1) is 5.92 Å². The Kier molecular flexibility index (Phi) is 6.22. The van der Waals surface area contributed by atoms with Gasteiger partial charge in [-0.2, -0.15) is 0 Å². The third-order valence-electron chi connectivity index (χ3n) is 2.77. The van der Waals surface area contributed by atoms with Crippen LogP contribution in [0.15, 0.2) is 30.3 Å². The Hall–Kier alpha value is -1.55. The van der Waals surface area contributed by atoms with Crippen molar-refractivity contribution in [2.24, 2.45) is 5.92 Å². The molecule has 0 saturated heterocycles. The third-order valence-corrected chi connectivity index (χ3v) is 2.77. The standard InChI is InChI=1S/C14H22N2O2/c1-11(14(17)16-9-12(2)15-3)10-18-13-7-5-4-6-8-13/h4-8,11-12,15H,9-10H2,1-3H3,(H,16,17). The van der Waals surface area contributed by atoms with Crippen LogP contribution in [0.4, 0.5) is 0 Å². The van der Waals surface area contributed by atoms with Crippen LogP contribution in [0.3, 0.4) is 0 Å². The largest absolute Gasteiger partial charge is 0.493 e. The van der Waals surface area contributed by atoms with E-state index >= 15 is 0 Å². The van der Waals surface area contributed by atoms with Crippen molar-refractivity contribution in [3.63, 3.8) is 0 Å². The van der Waals surface area contributed by atoms with Crippen LogP contribution in [0.25, 0.3) is 0 Å². The smallest absolute Gasteiger partial charge is 0.226 e. The lowest BCUT2D eigenvalue weighted by molar-refractivity contribution is -0.125. The minimum absolute atomic E-state index is 0.0213. The van der Waals surface area contributed by atoms with Crippen molar-refractivity contribution in [1.82, 2.24) is 10.6 Å². The molecule has 0 aliphatic carbocycles. The predicted octanol–water partition coefficient (Wildman–Crippen LogP) is 1.43. The molecule has 0 saturated carbocycles. The number of likely N-dealkylation sites (N-methyl/N-ethyl adjacent to an activating group) is 1. The fraction of sp³-hybridized carbons (Fsp3) is 0.500. The van der Waals surface area contributed by atoms with Gasteiger partial charge in [0.25, 0.3) is 0 Å². The summed E-state index contributed by atoms with van der Waals surface area (Å²) in [6, 6.07) is 9.79. The number of nitrogens with one attached hydrogen (secondary N) is 2. The maximum absolute atomic E-state index is 11.8. The summed E-state index contributed by atoms with van der Waals surface area (Å²) in [5.41, 5.74) is 0. The van der Waals surface area contributed by atoms with Gasteiger partial charge in [0.2, 0.25) is 5.91 Å². The summed E-state index contributed by atoms with van der Waals surface area (Å²) in [6.07, 6.45) is 0. The summed E-state index contributed by atoms with van der Waals surface area (Å²) in [5.74, 6) is 0.656. The van der Waals surface area contributed by atoms with Gasteiger partial charge in [0.1, 0.15) is 5.75 Å². The van der Waals surface area contributed by atoms with Gasteiger partial charge in [-0.3, -0.25) is 4.79 Å². The molecule has 0 aliphatic heterocycles. The number of hydrogen-bond acceptors (Lipinski definition) is 3. The Bertz CT molecular complexity index is 354. The second-order valence-electron chi connectivity index (χ2n) is 4.46. The van der Waals surface area contributed by atoms with Crippen LogP contribution in [0.2, 0.25) is 0 Å². The zero-order chi connectivity index (χ0) is 13.4. The molecule has 0 aliphatic rings. The highest BCUT2D eigenvalue weighted by Gasteiger charge is 2.13. The van der Waals surface area contributed by atoms with E-state index in [1.165, 1.54) is 0 Å². The van der Waals surface area contributed by atoms with Crippen molar-refractivity contribution in [2.75, 3.05) is 20.2 Å². The molecule has 0 bridgehead atoms. The minimum atomic E-state index is -0.158. The molecule has 1 amide bonds. The molecule has 0 fully saturated rings. The molecular formula is C14H22N2O2. The lowest BCUT2D eigenvalue weighted by atomic mass is 10.2. The van der Waals surface area contributed by atoms with Gasteiger partial charge in [0.05, 0.1) is 12.5 Å². The van der Waals surface area contributed by atoms with Gasteiger partial charge in [-0.15, -0.1) is 0 Å². The van der Waals surface area contributed by atoms with E-state index in [-0.39, 0.29) is 17.9 Å². The van der Waals surface area contributed by atoms with E-state index in [0.29, 0.717) is 13.2 Å². The molecule has 0 radical (unpaired) electrons. The lowest BCUT2D eigenvalue weighted by Crippen LogP contribution is -2.40. The summed E-state index contributed by atoms with van der Waals surface area (Å²) < 4.78 is 5.55. The molecule has 4 nitrogen and oxygen atoms in total. The average molecular weight is 250 g/mol. The number of benzene rings is 1. The SMILES string of the molecule is CNC(C)CNC(=O)C(C)COc1ccccc1. The number of carbonyl (C=O) groups is 1. The Labute approximate surface area is 109 Å². The number of carbonyl (C=O) groups excluding carboxylic acids is 1. The zero-order valence-corrected chi connectivity index (χ0v) is 11.3. The second kappa shape index (κ2) is 7.71. The Morgan fingerprint density at radius 2 is 1.94 bits per heavy atom. The van der Waals surface area contributed by atoms with E-state index in [1.807, 2.05) is 51.2 Å². The number of rotatable bonds is 7. The Morgan fingerprint density at radius 3 is 2.56 bits per heavy atom. The van der Waals surface area contributed by atoms with Crippen molar-refractivity contribution >= 4 is 5.91 Å². The molecular weight excluding hydrogens is 228 g/mol. The van der Waals surface area contributed by atoms with Crippen molar-refractivity contribution in [3.8, 4) is 5.75 Å². The predicted molar refractivity (Wildman–Crippen MR) is 72.6 cm³/mol. The molecule has 4 heteroatoms. The molecule has 2 N–H and O–H groups in total. The van der Waals surface area contributed by atoms with Gasteiger partial charge in [-0.1, -0.05) is 25.1 Å². The van der Waals surface area contributed by atoms with Crippen LogP contribution < -0.4 is 15.4 Å². The van der Waals surface area contributed by atoms with Crippen LogP contribution in [-0.4, -0.2) is 32.1 Å². The average Bonchev–Trinajstić information content (AvgIpc) is 2.42. The molecule has 0 aromatic heterocycles. The second-order valence-corrected chi connectivity index (χ2v) is 4.46. The monoisotopic (exact) mass is 250 g/mol. The fourth-order valence-corrected chi connectivity index (χ4v) is 1.34. The molecule has 1 aromatic carbocycles. The van der Waals surface area contributed by atoms with Gasteiger partial charge >= 0.3 is 0 Å². The van der Waals surface area contributed by atoms with E-state index < -0.39 is 0 Å². The molecule has 100 valence electrons. The molecule has 0 spiro atoms. The van der Waals surface area contributed by atoms with Crippen LogP contribution in [-0.2, 0) is 4.79 Å². The molecule has 2 unspecified atom stereocenters. The first-order valence-electron chi connectivity index (χ1n) is 6.26. The van der Waals surface area contributed by atoms with Crippen LogP contribution >= 0.6 is 0 Å². The fourth-order valence-electron chi connectivity index (χ4n) is 1.34. The molecule has 2 atom stereocenters. The normalized spacial score (nSPS) is 13.7. The van der Waals surface area contributed by atoms with E-state index in [9.17, 15) is 4.79 Å². The topological polar surface area (TPSA) is 50.4 Å². The van der Waals surface area contributed by atoms with E-state index in [1.54, 1.807) is 0 Å². The van der Waals surface area contributed by atoms with E-state index in [0.717, 1.165) is 5.75 Å². The number of para-hydroxylation sites is 1. The maximum atomic E-state index is 11.8. The highest BCUT2D eigenvalue weighted by atomic mass is 16.5. The summed E-state index contributed by atoms with van der Waals surface area (Å²) in [7, 11) is 1.87. The highest BCUT2D eigenvalue weighted by Crippen LogP contribution is 2.09. The van der Waals surface area contributed by atoms with Gasteiger partial charge in [-0.05, 0) is 26.1 Å². The summed E-state index contributed by atoms with van der Waals surface area (Å²) >= 11 is 0. The van der Waals surface area contributed by atoms with Crippen molar-refractivity contribution in [2.45, 2.75) is 19.9 Å². The van der Waals surface area contributed by atoms with E-state index in [2.05, 4.69) is 10.6 Å². The quantitative estimate of drug-likeness (QED) is 0.769. The number of ether oxygens (including phenoxy) is 1. The van der Waals surface area contributed by atoms with Gasteiger partial charge in [-0.25, -0.2) is 0 Å². The van der Waals surface area contributed by atoms with Crippen LogP contribution in [0.1, 0.15) is 13.8 Å². The first-order chi connectivity index (χ1) is 8.63. The van der Waals surface area contributed by atoms with Gasteiger partial charge in [0.15, 0.2) is 0 Å². The van der Waals surface area contributed by atoms with Crippen LogP contribution in [0.5, 0.6) is 5.75 Å². The third kappa shape index (κ3) is 5.19. The summed E-state index contributed by atoms with van der Waals surface area (Å²) in [4.78, 5) is 11.8. The van der Waals surface area contributed by atoms with Crippen molar-refractivity contribution < 1.29 is 9.53 Å². The van der Waals surface area contributed by atoms with E-state index in [4.69, 9.17) is 4.74 Å². The number of hydrogen-bond donors (Lipinski definition) is 2. The first kappa shape index (κ1) is 14.5. The van der Waals surface area contributed by atoms with Crippen molar-refractivity contribution in [3.05, 3.63) is 30.3 Å². The Balaban J connectivity index is 2.27. The highest BCUT2D eigenvalue weighted by molar-refractivity contribution is 5.78. The minimum Gasteiger partial charge on any atom is -0.493 e. The summed E-state index contributed by atoms with van der Waals surface area (Å²) in [5, 5.41) is 5.96. The van der Waals surface area contributed by atoms with Gasteiger partial charge < -0.3 is 15.4 Å². The summed E-state index contributed by atoms with van der Waals surface area (Å²) in [6.45, 7) is 4.91. The molecule has 0 heterocycles. The number of amides is 1.